The van der Waals surface area contributed by atoms with Crippen molar-refractivity contribution >= 4 is 10.8 Å². The van der Waals surface area contributed by atoms with Crippen LogP contribution in [0.5, 0.6) is 0 Å². The van der Waals surface area contributed by atoms with Gasteiger partial charge in [0.15, 0.2) is 0 Å². The first kappa shape index (κ1) is 12.0. The monoisotopic (exact) mass is 246 g/mol. The fraction of sp³-hybridized carbons (Fsp3) is 0.158. The molecule has 0 aliphatic rings. The maximum Gasteiger partial charge on any atom is -0.0143 e. The van der Waals surface area contributed by atoms with Crippen LogP contribution in [0.1, 0.15) is 16.7 Å². The minimum Gasteiger partial charge on any atom is -0.0622 e. The summed E-state index contributed by atoms with van der Waals surface area (Å²) in [6, 6.07) is 19.6. The molecule has 0 heteroatoms. The average molecular weight is 246 g/mol. The maximum absolute atomic E-state index is 2.32. The fourth-order valence-corrected chi connectivity index (χ4v) is 2.73. The largest absolute Gasteiger partial charge is 0.0622 e. The molecule has 3 aromatic carbocycles. The lowest BCUT2D eigenvalue weighted by atomic mass is 9.93. The summed E-state index contributed by atoms with van der Waals surface area (Å²) in [5.41, 5.74) is 6.69. The van der Waals surface area contributed by atoms with Crippen molar-refractivity contribution in [2.45, 2.75) is 20.8 Å². The SMILES string of the molecule is Cc1cc(C)c2ccc(-c3ccccc3)cc2c1C. The summed E-state index contributed by atoms with van der Waals surface area (Å²) < 4.78 is 0. The van der Waals surface area contributed by atoms with Crippen molar-refractivity contribution in [2.24, 2.45) is 0 Å². The Balaban J connectivity index is 2.29. The van der Waals surface area contributed by atoms with Gasteiger partial charge in [-0.05, 0) is 65.4 Å². The second-order valence-electron chi connectivity index (χ2n) is 5.26. The van der Waals surface area contributed by atoms with E-state index in [1.807, 2.05) is 0 Å². The quantitative estimate of drug-likeness (QED) is 0.537. The van der Waals surface area contributed by atoms with Gasteiger partial charge in [0, 0.05) is 0 Å². The number of hydrogen-bond donors (Lipinski definition) is 0. The first-order chi connectivity index (χ1) is 9.16. The highest BCUT2D eigenvalue weighted by atomic mass is 14.1. The molecule has 0 saturated carbocycles. The second kappa shape index (κ2) is 4.55. The molecule has 0 N–H and O–H groups in total. The minimum atomic E-state index is 1.28. The van der Waals surface area contributed by atoms with E-state index >= 15 is 0 Å². The van der Waals surface area contributed by atoms with Crippen LogP contribution in [0, 0.1) is 20.8 Å². The van der Waals surface area contributed by atoms with Gasteiger partial charge in [-0.25, -0.2) is 0 Å². The molecule has 0 unspecified atom stereocenters. The Hall–Kier alpha value is -2.08. The van der Waals surface area contributed by atoms with Gasteiger partial charge in [0.1, 0.15) is 0 Å². The number of fused-ring (bicyclic) bond motifs is 1. The van der Waals surface area contributed by atoms with E-state index in [0.29, 0.717) is 0 Å². The molecule has 0 aliphatic carbocycles. The van der Waals surface area contributed by atoms with Gasteiger partial charge in [0.25, 0.3) is 0 Å². The van der Waals surface area contributed by atoms with E-state index in [1.54, 1.807) is 0 Å². The lowest BCUT2D eigenvalue weighted by Gasteiger charge is -2.11. The lowest BCUT2D eigenvalue weighted by molar-refractivity contribution is 1.34. The molecule has 0 nitrogen and oxygen atoms in total. The molecule has 0 bridgehead atoms. The topological polar surface area (TPSA) is 0 Å². The second-order valence-corrected chi connectivity index (χ2v) is 5.26. The smallest absolute Gasteiger partial charge is 0.0143 e. The Morgan fingerprint density at radius 3 is 2.05 bits per heavy atom. The van der Waals surface area contributed by atoms with Gasteiger partial charge in [-0.1, -0.05) is 48.5 Å². The zero-order valence-electron chi connectivity index (χ0n) is 11.7. The van der Waals surface area contributed by atoms with Crippen LogP contribution in [0.2, 0.25) is 0 Å². The highest BCUT2D eigenvalue weighted by molar-refractivity contribution is 5.92. The van der Waals surface area contributed by atoms with Crippen molar-refractivity contribution in [1.29, 1.82) is 0 Å². The summed E-state index contributed by atoms with van der Waals surface area (Å²) in [5, 5.41) is 2.74. The molecule has 0 radical (unpaired) electrons. The van der Waals surface area contributed by atoms with Crippen LogP contribution in [-0.4, -0.2) is 0 Å². The molecule has 0 amide bonds. The molecule has 0 saturated heterocycles. The van der Waals surface area contributed by atoms with Gasteiger partial charge in [0.05, 0.1) is 0 Å². The average Bonchev–Trinajstić information content (AvgIpc) is 2.45. The number of aryl methyl sites for hydroxylation is 3. The van der Waals surface area contributed by atoms with Crippen LogP contribution in [0.25, 0.3) is 21.9 Å². The van der Waals surface area contributed by atoms with E-state index in [-0.39, 0.29) is 0 Å². The molecule has 0 spiro atoms. The molecule has 3 rings (SSSR count). The molecule has 0 heterocycles. The standard InChI is InChI=1S/C19H18/c1-13-11-14(2)18-10-9-17(12-19(18)15(13)3)16-7-5-4-6-8-16/h4-12H,1-3H3. The minimum absolute atomic E-state index is 1.28. The van der Waals surface area contributed by atoms with E-state index in [9.17, 15) is 0 Å². The highest BCUT2D eigenvalue weighted by Crippen LogP contribution is 2.29. The summed E-state index contributed by atoms with van der Waals surface area (Å²) >= 11 is 0. The summed E-state index contributed by atoms with van der Waals surface area (Å²) in [6.45, 7) is 6.60. The normalized spacial score (nSPS) is 10.9. The van der Waals surface area contributed by atoms with Crippen LogP contribution < -0.4 is 0 Å². The molecule has 3 aromatic rings. The van der Waals surface area contributed by atoms with Gasteiger partial charge in [-0.3, -0.25) is 0 Å². The Labute approximate surface area is 114 Å². The van der Waals surface area contributed by atoms with Crippen molar-refractivity contribution < 1.29 is 0 Å². The molecule has 0 fully saturated rings. The molecule has 94 valence electrons. The number of benzene rings is 3. The van der Waals surface area contributed by atoms with Crippen LogP contribution in [0.3, 0.4) is 0 Å². The van der Waals surface area contributed by atoms with E-state index in [2.05, 4.69) is 75.4 Å². The van der Waals surface area contributed by atoms with Crippen LogP contribution >= 0.6 is 0 Å². The molecular formula is C19H18. The van der Waals surface area contributed by atoms with E-state index in [1.165, 1.54) is 38.6 Å². The number of hydrogen-bond acceptors (Lipinski definition) is 0. The Bertz CT molecular complexity index is 737. The van der Waals surface area contributed by atoms with Crippen molar-refractivity contribution in [3.8, 4) is 11.1 Å². The molecule has 0 aliphatic heterocycles. The highest BCUT2D eigenvalue weighted by Gasteiger charge is 2.06. The number of rotatable bonds is 1. The first-order valence-corrected chi connectivity index (χ1v) is 6.73. The van der Waals surface area contributed by atoms with E-state index < -0.39 is 0 Å². The van der Waals surface area contributed by atoms with Crippen molar-refractivity contribution in [2.75, 3.05) is 0 Å². The molecule has 19 heavy (non-hydrogen) atoms. The summed E-state index contributed by atoms with van der Waals surface area (Å²) in [5.74, 6) is 0. The Kier molecular flexibility index (Phi) is 2.87. The Morgan fingerprint density at radius 1 is 0.579 bits per heavy atom. The van der Waals surface area contributed by atoms with Crippen LogP contribution in [0.15, 0.2) is 54.6 Å². The third-order valence-electron chi connectivity index (χ3n) is 3.98. The summed E-state index contributed by atoms with van der Waals surface area (Å²) in [6.07, 6.45) is 0. The van der Waals surface area contributed by atoms with Gasteiger partial charge >= 0.3 is 0 Å². The predicted octanol–water partition coefficient (Wildman–Crippen LogP) is 5.43. The van der Waals surface area contributed by atoms with Crippen molar-refractivity contribution in [1.82, 2.24) is 0 Å². The van der Waals surface area contributed by atoms with Gasteiger partial charge < -0.3 is 0 Å². The van der Waals surface area contributed by atoms with Crippen LogP contribution in [0.4, 0.5) is 0 Å². The van der Waals surface area contributed by atoms with Gasteiger partial charge in [0.2, 0.25) is 0 Å². The van der Waals surface area contributed by atoms with Gasteiger partial charge in [-0.2, -0.15) is 0 Å². The summed E-state index contributed by atoms with van der Waals surface area (Å²) in [7, 11) is 0. The predicted molar refractivity (Wildman–Crippen MR) is 83.6 cm³/mol. The lowest BCUT2D eigenvalue weighted by Crippen LogP contribution is -1.88. The zero-order valence-corrected chi connectivity index (χ0v) is 11.7. The Morgan fingerprint density at radius 2 is 1.32 bits per heavy atom. The third-order valence-corrected chi connectivity index (χ3v) is 3.98. The van der Waals surface area contributed by atoms with Crippen molar-refractivity contribution in [3.05, 3.63) is 71.3 Å². The van der Waals surface area contributed by atoms with E-state index in [0.717, 1.165) is 0 Å². The first-order valence-electron chi connectivity index (χ1n) is 6.73. The van der Waals surface area contributed by atoms with Gasteiger partial charge in [-0.15, -0.1) is 0 Å². The third kappa shape index (κ3) is 2.04. The fourth-order valence-electron chi connectivity index (χ4n) is 2.73. The zero-order chi connectivity index (χ0) is 13.4. The van der Waals surface area contributed by atoms with E-state index in [4.69, 9.17) is 0 Å². The molecule has 0 aromatic heterocycles. The molecular weight excluding hydrogens is 228 g/mol. The maximum atomic E-state index is 2.32. The summed E-state index contributed by atoms with van der Waals surface area (Å²) in [4.78, 5) is 0. The van der Waals surface area contributed by atoms with Crippen molar-refractivity contribution in [3.63, 3.8) is 0 Å². The molecule has 0 atom stereocenters. The van der Waals surface area contributed by atoms with Crippen LogP contribution in [-0.2, 0) is 0 Å².